The fourth-order valence-corrected chi connectivity index (χ4v) is 2.95. The molecule has 0 aliphatic carbocycles. The van der Waals surface area contributed by atoms with Crippen molar-refractivity contribution in [2.75, 3.05) is 18.4 Å². The van der Waals surface area contributed by atoms with Crippen LogP contribution in [0.5, 0.6) is 0 Å². The number of rotatable bonds is 5. The van der Waals surface area contributed by atoms with Crippen LogP contribution >= 0.6 is 15.9 Å². The molecule has 20 heavy (non-hydrogen) atoms. The van der Waals surface area contributed by atoms with Crippen molar-refractivity contribution in [1.82, 2.24) is 4.90 Å². The smallest absolute Gasteiger partial charge is 0.218 e. The number of carbonyl (C=O) groups excluding carboxylic acids is 1. The fourth-order valence-electron chi connectivity index (χ4n) is 2.69. The first-order valence-corrected chi connectivity index (χ1v) is 7.88. The molecule has 1 aliphatic rings. The Hall–Kier alpha value is -1.07. The molecule has 1 aliphatic heterocycles. The summed E-state index contributed by atoms with van der Waals surface area (Å²) in [6.45, 7) is 4.11. The number of nitrogens with zero attached hydrogens (tertiary/aromatic N) is 1. The molecule has 3 N–H and O–H groups in total. The van der Waals surface area contributed by atoms with E-state index in [9.17, 15) is 4.79 Å². The zero-order valence-electron chi connectivity index (χ0n) is 11.8. The normalized spacial score (nSPS) is 18.7. The lowest BCUT2D eigenvalue weighted by molar-refractivity contribution is -0.119. The van der Waals surface area contributed by atoms with E-state index in [0.29, 0.717) is 12.5 Å². The molecule has 0 spiro atoms. The lowest BCUT2D eigenvalue weighted by Gasteiger charge is -2.36. The molecule has 1 saturated heterocycles. The summed E-state index contributed by atoms with van der Waals surface area (Å²) in [7, 11) is 0. The van der Waals surface area contributed by atoms with E-state index in [1.165, 1.54) is 0 Å². The highest BCUT2D eigenvalue weighted by Gasteiger charge is 2.23. The molecule has 5 heteroatoms. The Balaban J connectivity index is 1.79. The first-order chi connectivity index (χ1) is 9.54. The molecule has 0 unspecified atom stereocenters. The van der Waals surface area contributed by atoms with Crippen molar-refractivity contribution in [2.24, 2.45) is 5.73 Å². The van der Waals surface area contributed by atoms with Crippen LogP contribution in [-0.2, 0) is 4.79 Å². The van der Waals surface area contributed by atoms with Crippen molar-refractivity contribution in [1.29, 1.82) is 0 Å². The van der Waals surface area contributed by atoms with Crippen LogP contribution in [0.1, 0.15) is 26.2 Å². The van der Waals surface area contributed by atoms with Gasteiger partial charge in [0.1, 0.15) is 0 Å². The molecule has 1 fully saturated rings. The molecular formula is C15H22BrN3O. The van der Waals surface area contributed by atoms with Crippen LogP contribution in [0, 0.1) is 0 Å². The number of benzene rings is 1. The molecule has 110 valence electrons. The first kappa shape index (κ1) is 15.3. The largest absolute Gasteiger partial charge is 0.382 e. The second-order valence-electron chi connectivity index (χ2n) is 5.48. The molecule has 0 bridgehead atoms. The quantitative estimate of drug-likeness (QED) is 0.866. The van der Waals surface area contributed by atoms with Crippen LogP contribution in [0.25, 0.3) is 0 Å². The van der Waals surface area contributed by atoms with E-state index >= 15 is 0 Å². The Morgan fingerprint density at radius 2 is 2.00 bits per heavy atom. The molecule has 2 rings (SSSR count). The molecule has 1 amide bonds. The van der Waals surface area contributed by atoms with Gasteiger partial charge in [-0.1, -0.05) is 15.9 Å². The van der Waals surface area contributed by atoms with Crippen LogP contribution < -0.4 is 11.1 Å². The average Bonchev–Trinajstić information content (AvgIpc) is 2.41. The number of hydrogen-bond donors (Lipinski definition) is 2. The third-order valence-corrected chi connectivity index (χ3v) is 4.39. The van der Waals surface area contributed by atoms with Gasteiger partial charge in [0.15, 0.2) is 0 Å². The van der Waals surface area contributed by atoms with E-state index in [4.69, 9.17) is 5.73 Å². The molecule has 1 aromatic carbocycles. The Labute approximate surface area is 128 Å². The van der Waals surface area contributed by atoms with Crippen LogP contribution in [0.4, 0.5) is 5.69 Å². The number of carbonyl (C=O) groups is 1. The standard InChI is InChI=1S/C15H22BrN3O/c1-11(10-15(17)20)19-8-6-14(7-9-19)18-13-4-2-12(16)3-5-13/h2-5,11,14,18H,6-10H2,1H3,(H2,17,20)/t11-/m1/s1. The summed E-state index contributed by atoms with van der Waals surface area (Å²) in [5, 5.41) is 3.57. The third kappa shape index (κ3) is 4.49. The van der Waals surface area contributed by atoms with Gasteiger partial charge in [0.2, 0.25) is 5.91 Å². The molecule has 0 saturated carbocycles. The maximum Gasteiger partial charge on any atom is 0.218 e. The molecule has 0 radical (unpaired) electrons. The summed E-state index contributed by atoms with van der Waals surface area (Å²) < 4.78 is 1.10. The molecule has 0 aromatic heterocycles. The second kappa shape index (κ2) is 7.09. The Bertz CT molecular complexity index is 441. The number of primary amides is 1. The van der Waals surface area contributed by atoms with Crippen molar-refractivity contribution in [3.63, 3.8) is 0 Å². The van der Waals surface area contributed by atoms with E-state index < -0.39 is 0 Å². The Morgan fingerprint density at radius 1 is 1.40 bits per heavy atom. The van der Waals surface area contributed by atoms with E-state index in [2.05, 4.69) is 45.2 Å². The minimum Gasteiger partial charge on any atom is -0.382 e. The van der Waals surface area contributed by atoms with Crippen molar-refractivity contribution >= 4 is 27.5 Å². The molecule has 1 atom stereocenters. The lowest BCUT2D eigenvalue weighted by Crippen LogP contribution is -2.44. The number of anilines is 1. The summed E-state index contributed by atoms with van der Waals surface area (Å²) in [5.41, 5.74) is 6.42. The van der Waals surface area contributed by atoms with Crippen molar-refractivity contribution in [3.8, 4) is 0 Å². The van der Waals surface area contributed by atoms with E-state index in [-0.39, 0.29) is 11.9 Å². The first-order valence-electron chi connectivity index (χ1n) is 7.09. The van der Waals surface area contributed by atoms with Gasteiger partial charge in [-0.3, -0.25) is 9.69 Å². The summed E-state index contributed by atoms with van der Waals surface area (Å²) in [6.07, 6.45) is 2.64. The number of piperidine rings is 1. The molecule has 1 heterocycles. The van der Waals surface area contributed by atoms with E-state index in [1.807, 2.05) is 12.1 Å². The van der Waals surface area contributed by atoms with Gasteiger partial charge < -0.3 is 11.1 Å². The average molecular weight is 340 g/mol. The lowest BCUT2D eigenvalue weighted by atomic mass is 10.0. The van der Waals surface area contributed by atoms with Crippen LogP contribution in [0.3, 0.4) is 0 Å². The number of nitrogens with one attached hydrogen (secondary N) is 1. The SMILES string of the molecule is C[C@H](CC(N)=O)N1CCC(Nc2ccc(Br)cc2)CC1. The highest BCUT2D eigenvalue weighted by molar-refractivity contribution is 9.10. The van der Waals surface area contributed by atoms with Crippen molar-refractivity contribution in [3.05, 3.63) is 28.7 Å². The maximum absolute atomic E-state index is 11.0. The minimum atomic E-state index is -0.215. The summed E-state index contributed by atoms with van der Waals surface area (Å²) in [6, 6.07) is 9.03. The number of amides is 1. The Morgan fingerprint density at radius 3 is 2.55 bits per heavy atom. The van der Waals surface area contributed by atoms with Crippen molar-refractivity contribution < 1.29 is 4.79 Å². The highest BCUT2D eigenvalue weighted by Crippen LogP contribution is 2.20. The van der Waals surface area contributed by atoms with Gasteiger partial charge in [0.05, 0.1) is 0 Å². The number of halogens is 1. The van der Waals surface area contributed by atoms with Gasteiger partial charge in [0, 0.05) is 41.8 Å². The highest BCUT2D eigenvalue weighted by atomic mass is 79.9. The predicted molar refractivity (Wildman–Crippen MR) is 85.6 cm³/mol. The Kier molecular flexibility index (Phi) is 5.43. The summed E-state index contributed by atoms with van der Waals surface area (Å²) in [4.78, 5) is 13.3. The zero-order chi connectivity index (χ0) is 14.5. The monoisotopic (exact) mass is 339 g/mol. The van der Waals surface area contributed by atoms with Gasteiger partial charge in [-0.25, -0.2) is 0 Å². The maximum atomic E-state index is 11.0. The van der Waals surface area contributed by atoms with Gasteiger partial charge in [0.25, 0.3) is 0 Å². The van der Waals surface area contributed by atoms with Gasteiger partial charge in [-0.05, 0) is 44.0 Å². The summed E-state index contributed by atoms with van der Waals surface area (Å²) in [5.74, 6) is -0.215. The molecule has 1 aromatic rings. The number of likely N-dealkylation sites (tertiary alicyclic amines) is 1. The minimum absolute atomic E-state index is 0.215. The van der Waals surface area contributed by atoms with E-state index in [1.54, 1.807) is 0 Å². The van der Waals surface area contributed by atoms with Gasteiger partial charge in [-0.2, -0.15) is 0 Å². The van der Waals surface area contributed by atoms with Crippen molar-refractivity contribution in [2.45, 2.75) is 38.3 Å². The fraction of sp³-hybridized carbons (Fsp3) is 0.533. The van der Waals surface area contributed by atoms with Gasteiger partial charge in [-0.15, -0.1) is 0 Å². The summed E-state index contributed by atoms with van der Waals surface area (Å²) >= 11 is 3.44. The van der Waals surface area contributed by atoms with Gasteiger partial charge >= 0.3 is 0 Å². The number of nitrogens with two attached hydrogens (primary N) is 1. The predicted octanol–water partition coefficient (Wildman–Crippen LogP) is 2.59. The molecule has 4 nitrogen and oxygen atoms in total. The van der Waals surface area contributed by atoms with Crippen LogP contribution in [0.2, 0.25) is 0 Å². The topological polar surface area (TPSA) is 58.4 Å². The van der Waals surface area contributed by atoms with E-state index in [0.717, 1.165) is 36.1 Å². The van der Waals surface area contributed by atoms with Crippen LogP contribution in [0.15, 0.2) is 28.7 Å². The van der Waals surface area contributed by atoms with Crippen LogP contribution in [-0.4, -0.2) is 36.0 Å². The molecular weight excluding hydrogens is 318 g/mol. The zero-order valence-corrected chi connectivity index (χ0v) is 13.4. The second-order valence-corrected chi connectivity index (χ2v) is 6.40. The third-order valence-electron chi connectivity index (χ3n) is 3.86. The number of hydrogen-bond acceptors (Lipinski definition) is 3.